The second-order valence-corrected chi connectivity index (χ2v) is 47.9. The number of fused-ring (bicyclic) bond motifs is 27. The number of carbonyl (C=O) groups excluding carboxylic acids is 6. The Kier molecular flexibility index (Phi) is 37.6. The van der Waals surface area contributed by atoms with Crippen LogP contribution >= 0.6 is 35.4 Å². The number of carbonyl (C=O) groups is 8. The number of halogens is 2. The van der Waals surface area contributed by atoms with E-state index in [-0.39, 0.29) is 114 Å². The van der Waals surface area contributed by atoms with Crippen molar-refractivity contribution in [3.8, 4) is 12.1 Å². The normalized spacial score (nSPS) is 36.0. The zero-order chi connectivity index (χ0) is 98.4. The predicted molar refractivity (Wildman–Crippen MR) is 523 cm³/mol. The molecule has 33 rings (SSSR count). The van der Waals surface area contributed by atoms with Crippen molar-refractivity contribution in [2.45, 2.75) is 414 Å². The van der Waals surface area contributed by atoms with Crippen molar-refractivity contribution in [2.24, 2.45) is 106 Å². The summed E-state index contributed by atoms with van der Waals surface area (Å²) in [5, 5.41) is 88.2. The van der Waals surface area contributed by atoms with Gasteiger partial charge in [-0.15, -0.1) is 5.16 Å². The van der Waals surface area contributed by atoms with Gasteiger partial charge < -0.3 is 63.7 Å². The minimum atomic E-state index is -0.847. The molecule has 30 saturated carbocycles. The number of ketones is 1. The molecule has 0 saturated heterocycles. The Morgan fingerprint density at radius 1 is 0.482 bits per heavy atom. The molecule has 139 heavy (non-hydrogen) atoms. The van der Waals surface area contributed by atoms with Crippen LogP contribution in [0.4, 0.5) is 0 Å². The SMILES string of the molecule is COC(=O)C12CCC(C(=O)Cl)(CC1)CC2.COC(=O)C12CCC(C(=O)O)(CC1)CC2.COC(=O)C12CCC(CC1)CC2.N#CCC(=O)C1CC1.N#Cc1c(C23CCC(CC2)CC3)noc1C1CC1.O/N=C(\Cl)C12CCC(CC1)CC2.O/N=C/C12CCC(CC1)CC2.O=C(O)c1c(C23CCC(CC2)CC3)noc1C1CC1.O=CC12CCC(CC1)CC2.OCC12CCC(CC1)CC2.[Na+].[O-]n1ccccc1=S. The van der Waals surface area contributed by atoms with Crippen LogP contribution in [-0.4, -0.2) is 127 Å². The molecule has 0 amide bonds. The molecular weight excluding hydrogens is 1840 g/mol. The number of hydrogen-bond acceptors (Lipinski definition) is 24. The van der Waals surface area contributed by atoms with Crippen molar-refractivity contribution in [3.05, 3.63) is 68.3 Å². The fraction of sp³-hybridized carbons (Fsp3) is 0.789. The minimum Gasteiger partial charge on any atom is -0.805 e. The van der Waals surface area contributed by atoms with Crippen molar-refractivity contribution in [3.63, 3.8) is 0 Å². The molecule has 3 heterocycles. The van der Waals surface area contributed by atoms with Gasteiger partial charge in [-0.1, -0.05) is 45.4 Å². The summed E-state index contributed by atoms with van der Waals surface area (Å²) < 4.78 is 26.5. The van der Waals surface area contributed by atoms with Crippen LogP contribution in [0.5, 0.6) is 0 Å². The van der Waals surface area contributed by atoms with Crippen LogP contribution in [0.3, 0.4) is 0 Å². The molecule has 3 aromatic heterocycles. The van der Waals surface area contributed by atoms with Gasteiger partial charge in [0.1, 0.15) is 45.3 Å². The number of carboxylic acids is 2. The second-order valence-electron chi connectivity index (χ2n) is 46.8. The first-order valence-corrected chi connectivity index (χ1v) is 54.2. The van der Waals surface area contributed by atoms with Crippen LogP contribution < -0.4 is 29.6 Å². The molecule has 30 fully saturated rings. The van der Waals surface area contributed by atoms with Crippen LogP contribution in [0.25, 0.3) is 0 Å². The van der Waals surface area contributed by atoms with Gasteiger partial charge >= 0.3 is 59.4 Å². The summed E-state index contributed by atoms with van der Waals surface area (Å²) in [4.78, 5) is 90.3. The molecule has 30 heteroatoms. The van der Waals surface area contributed by atoms with Gasteiger partial charge in [0.25, 0.3) is 0 Å². The Bertz CT molecular complexity index is 4690. The number of carboxylic acid groups (broad SMARTS) is 2. The number of aromatic nitrogens is 3. The topological polar surface area (TPSA) is 418 Å². The fourth-order valence-electron chi connectivity index (χ4n) is 28.2. The maximum absolute atomic E-state index is 11.7. The molecule has 5 N–H and O–H groups in total. The molecule has 18 bridgehead atoms. The number of Topliss-reactive ketones (excluding diaryl/α,β-unsaturated/α-hetero) is 1. The number of esters is 3. The molecule has 0 aromatic carbocycles. The van der Waals surface area contributed by atoms with Crippen molar-refractivity contribution >= 4 is 94.0 Å². The van der Waals surface area contributed by atoms with Gasteiger partial charge in [0.05, 0.1) is 55.5 Å². The fourth-order valence-corrected chi connectivity index (χ4v) is 29.0. The quantitative estimate of drug-likeness (QED) is 0.0102. The summed E-state index contributed by atoms with van der Waals surface area (Å²) in [5.41, 5.74) is 2.39. The number of aliphatic hydroxyl groups is 1. The maximum atomic E-state index is 11.7. The van der Waals surface area contributed by atoms with Crippen LogP contribution in [0.2, 0.25) is 0 Å². The number of nitriles is 2. The molecule has 30 aliphatic carbocycles. The van der Waals surface area contributed by atoms with Crippen LogP contribution in [0, 0.1) is 129 Å². The smallest absolute Gasteiger partial charge is 0.805 e. The first-order valence-electron chi connectivity index (χ1n) is 53.0. The van der Waals surface area contributed by atoms with E-state index in [4.69, 9.17) is 67.2 Å². The third kappa shape index (κ3) is 25.4. The molecule has 0 unspecified atom stereocenters. The number of rotatable bonds is 16. The molecule has 0 aliphatic heterocycles. The summed E-state index contributed by atoms with van der Waals surface area (Å²) in [7, 11) is 4.35. The number of nitrogens with zero attached hydrogens (tertiary/aromatic N) is 7. The van der Waals surface area contributed by atoms with Gasteiger partial charge in [-0.05, 0) is 462 Å². The van der Waals surface area contributed by atoms with Gasteiger partial charge in [-0.3, -0.25) is 28.8 Å². The Morgan fingerprint density at radius 2 is 0.827 bits per heavy atom. The van der Waals surface area contributed by atoms with E-state index in [1.807, 2.05) is 6.07 Å². The zero-order valence-electron chi connectivity index (χ0n) is 83.3. The average molecular weight is 1990 g/mol. The van der Waals surface area contributed by atoms with Gasteiger partial charge in [-0.2, -0.15) is 10.5 Å². The van der Waals surface area contributed by atoms with Gasteiger partial charge in [-0.25, -0.2) is 4.79 Å². The van der Waals surface area contributed by atoms with E-state index in [0.29, 0.717) is 93.7 Å². The Hall–Kier alpha value is -6.59. The summed E-state index contributed by atoms with van der Waals surface area (Å²) in [6.45, 7) is 0.444. The van der Waals surface area contributed by atoms with E-state index in [1.165, 1.54) is 259 Å². The molecule has 3 aromatic rings. The Morgan fingerprint density at radius 3 is 1.14 bits per heavy atom. The zero-order valence-corrected chi connectivity index (χ0v) is 87.7. The van der Waals surface area contributed by atoms with Gasteiger partial charge in [0.15, 0.2) is 16.7 Å². The van der Waals surface area contributed by atoms with E-state index in [2.05, 4.69) is 38.9 Å². The standard InChI is InChI=1S/C15H18N2O.C15H19NO3.C11H15ClO3.C11H16O4.C10H16O2.C9H14ClNO.C9H15NO.C9H16O.C9H14O.C6H7NO.C5H4NOS.Na/c16-9-12-13(11-1-2-11)18-17-14(12)15-6-3-10(4-7-15)5-8-15;17-14(18)11-12(10-1-2-10)19-16-13(11)15-6-3-9(4-7-15)5-8-15;2*1-15-9(14)11-5-2-10(3-6-11,4-7-11)8(12)13;1-12-9(11)10-5-2-8(3-6-10)4-7-10;10-8(11-12)9-4-1-7(2-5-9)3-6-9;11-10-7-9-4-1-8(2-5-9)3-6-9;2*10-7-9-4-1-8(2-5-9)3-6-9;7-4-3-6(8)5-1-2-5;7-6-4-2-1-3-5(6)8;/h10-11H,1-8H2;9-10H,1-8H2,(H,17,18);2-7H2,1H3;2-7H2,1H3,(H,12,13);8H,2-7H2,1H3;7,12H,1-6H2;7-8,11H,1-6H2;8,10H,1-7H2;7-8H,1-6H2;5H,1-3H2;1-4H;/q;;;;;;;;;;-1;+1/b;;;;;11-8-;10-7+;;;;;. The van der Waals surface area contributed by atoms with Crippen LogP contribution in [-0.2, 0) is 58.6 Å². The monoisotopic (exact) mass is 1990 g/mol. The summed E-state index contributed by atoms with van der Waals surface area (Å²) in [6.07, 6.45) is 71.4. The number of aliphatic hydroxyl groups excluding tert-OH is 1. The van der Waals surface area contributed by atoms with E-state index >= 15 is 0 Å². The second kappa shape index (κ2) is 47.7. The number of aldehydes is 1. The van der Waals surface area contributed by atoms with E-state index in [1.54, 1.807) is 24.4 Å². The van der Waals surface area contributed by atoms with Crippen molar-refractivity contribution in [2.75, 3.05) is 27.9 Å². The summed E-state index contributed by atoms with van der Waals surface area (Å²) in [5.74, 6) is 7.57. The van der Waals surface area contributed by atoms with Crippen LogP contribution in [0.1, 0.15) is 442 Å². The number of oxime groups is 2. The summed E-state index contributed by atoms with van der Waals surface area (Å²) >= 11 is 16.2. The molecular formula is C109H154Cl2N7NaO19S. The average Bonchev–Trinajstić information content (AvgIpc) is 1.51. The van der Waals surface area contributed by atoms with Crippen molar-refractivity contribution in [1.29, 1.82) is 10.5 Å². The van der Waals surface area contributed by atoms with E-state index in [9.17, 15) is 59.0 Å². The molecule has 0 spiro atoms. The van der Waals surface area contributed by atoms with Crippen LogP contribution in [0.15, 0.2) is 43.8 Å². The first-order chi connectivity index (χ1) is 66.3. The van der Waals surface area contributed by atoms with Crippen molar-refractivity contribution < 1.29 is 117 Å². The van der Waals surface area contributed by atoms with Crippen molar-refractivity contribution in [1.82, 2.24) is 15.0 Å². The Balaban J connectivity index is 0.000000130. The number of pyridine rings is 1. The number of aliphatic carboxylic acids is 1. The van der Waals surface area contributed by atoms with Gasteiger partial charge in [0.2, 0.25) is 5.24 Å². The predicted octanol–water partition coefficient (Wildman–Crippen LogP) is 22.0. The minimum absolute atomic E-state index is 0. The van der Waals surface area contributed by atoms with E-state index < -0.39 is 17.4 Å². The molecule has 30 aliphatic rings. The molecule has 26 nitrogen and oxygen atoms in total. The number of aromatic carboxylic acids is 1. The largest absolute Gasteiger partial charge is 1.00 e. The molecule has 760 valence electrons. The van der Waals surface area contributed by atoms with E-state index in [0.717, 1.165) is 186 Å². The number of hydrogen-bond donors (Lipinski definition) is 5. The third-order valence-electron chi connectivity index (χ3n) is 39.3. The first kappa shape index (κ1) is 110. The Labute approximate surface area is 859 Å². The molecule has 0 atom stereocenters. The van der Waals surface area contributed by atoms with Gasteiger partial charge in [0, 0.05) is 63.1 Å². The third-order valence-corrected chi connectivity index (χ3v) is 40.5. The molecule has 0 radical (unpaired) electrons. The number of ether oxygens (including phenoxy) is 3. The number of methoxy groups -OCH3 is 3. The maximum Gasteiger partial charge on any atom is 1.00 e. The summed E-state index contributed by atoms with van der Waals surface area (Å²) in [6, 6.07) is 9.18.